The van der Waals surface area contributed by atoms with Crippen molar-refractivity contribution in [1.82, 2.24) is 19.7 Å². The van der Waals surface area contributed by atoms with Crippen LogP contribution in [0, 0.1) is 0 Å². The third kappa shape index (κ3) is 2.92. The van der Waals surface area contributed by atoms with E-state index in [1.165, 1.54) is 19.3 Å². The maximum atomic E-state index is 9.41. The van der Waals surface area contributed by atoms with Gasteiger partial charge in [0, 0.05) is 26.7 Å². The molecule has 21 heavy (non-hydrogen) atoms. The van der Waals surface area contributed by atoms with Gasteiger partial charge in [-0.1, -0.05) is 0 Å². The van der Waals surface area contributed by atoms with Crippen molar-refractivity contribution < 1.29 is 5.11 Å². The van der Waals surface area contributed by atoms with Crippen molar-refractivity contribution >= 4 is 22.8 Å². The number of hydrogen-bond acceptors (Lipinski definition) is 6. The van der Waals surface area contributed by atoms with E-state index >= 15 is 0 Å². The van der Waals surface area contributed by atoms with Crippen LogP contribution in [0.1, 0.15) is 26.2 Å². The standard InChI is InChI=1S/C14H22N6O/c1-10(21)8-15-14-17-12-11(9-16-19(12)2)13(18-14)20-6-4-3-5-7-20/h9-10,21H,3-8H2,1-2H3,(H,15,17,18)/t10-/m1/s1. The lowest BCUT2D eigenvalue weighted by atomic mass is 10.1. The number of hydrogen-bond donors (Lipinski definition) is 2. The first-order chi connectivity index (χ1) is 10.1. The molecule has 3 heterocycles. The van der Waals surface area contributed by atoms with Crippen molar-refractivity contribution in [2.45, 2.75) is 32.3 Å². The van der Waals surface area contributed by atoms with Crippen molar-refractivity contribution in [2.75, 3.05) is 29.9 Å². The summed E-state index contributed by atoms with van der Waals surface area (Å²) in [6.07, 6.45) is 5.07. The summed E-state index contributed by atoms with van der Waals surface area (Å²) < 4.78 is 1.76. The molecule has 1 aliphatic heterocycles. The summed E-state index contributed by atoms with van der Waals surface area (Å²) >= 11 is 0. The number of aliphatic hydroxyl groups excluding tert-OH is 1. The van der Waals surface area contributed by atoms with E-state index in [1.807, 2.05) is 13.2 Å². The Kier molecular flexibility index (Phi) is 3.92. The second-order valence-corrected chi connectivity index (χ2v) is 5.65. The van der Waals surface area contributed by atoms with Crippen molar-refractivity contribution in [3.05, 3.63) is 6.20 Å². The van der Waals surface area contributed by atoms with Gasteiger partial charge >= 0.3 is 0 Å². The molecule has 114 valence electrons. The van der Waals surface area contributed by atoms with Crippen molar-refractivity contribution in [3.8, 4) is 0 Å². The highest BCUT2D eigenvalue weighted by molar-refractivity contribution is 5.88. The van der Waals surface area contributed by atoms with Crippen molar-refractivity contribution in [2.24, 2.45) is 7.05 Å². The Bertz CT molecular complexity index is 617. The number of piperidine rings is 1. The van der Waals surface area contributed by atoms with Crippen LogP contribution in [0.25, 0.3) is 11.0 Å². The summed E-state index contributed by atoms with van der Waals surface area (Å²) in [5.74, 6) is 1.49. The molecule has 1 atom stereocenters. The Labute approximate surface area is 124 Å². The van der Waals surface area contributed by atoms with Crippen LogP contribution in [-0.2, 0) is 7.05 Å². The summed E-state index contributed by atoms with van der Waals surface area (Å²) in [6, 6.07) is 0. The van der Waals surface area contributed by atoms with E-state index in [9.17, 15) is 5.11 Å². The molecule has 2 aromatic heterocycles. The van der Waals surface area contributed by atoms with Gasteiger partial charge in [0.05, 0.1) is 17.7 Å². The van der Waals surface area contributed by atoms with Crippen LogP contribution >= 0.6 is 0 Å². The SMILES string of the molecule is C[C@@H](O)CNc1nc(N2CCCCC2)c2cnn(C)c2n1. The zero-order chi connectivity index (χ0) is 14.8. The van der Waals surface area contributed by atoms with E-state index in [0.29, 0.717) is 12.5 Å². The van der Waals surface area contributed by atoms with E-state index in [-0.39, 0.29) is 0 Å². The molecule has 2 N–H and O–H groups in total. The number of fused-ring (bicyclic) bond motifs is 1. The van der Waals surface area contributed by atoms with Gasteiger partial charge < -0.3 is 15.3 Å². The number of nitrogens with zero attached hydrogens (tertiary/aromatic N) is 5. The van der Waals surface area contributed by atoms with E-state index in [2.05, 4.69) is 25.3 Å². The molecule has 0 amide bonds. The normalized spacial score (nSPS) is 17.2. The molecule has 0 bridgehead atoms. The fourth-order valence-corrected chi connectivity index (χ4v) is 2.67. The fourth-order valence-electron chi connectivity index (χ4n) is 2.67. The third-order valence-electron chi connectivity index (χ3n) is 3.78. The number of aryl methyl sites for hydroxylation is 1. The van der Waals surface area contributed by atoms with E-state index in [1.54, 1.807) is 11.6 Å². The monoisotopic (exact) mass is 290 g/mol. The first kappa shape index (κ1) is 14.1. The molecule has 0 spiro atoms. The van der Waals surface area contributed by atoms with Gasteiger partial charge in [0.25, 0.3) is 0 Å². The predicted molar refractivity (Wildman–Crippen MR) is 82.5 cm³/mol. The Hall–Kier alpha value is -1.89. The van der Waals surface area contributed by atoms with Crippen LogP contribution in [0.5, 0.6) is 0 Å². The topological polar surface area (TPSA) is 79.1 Å². The second kappa shape index (κ2) is 5.85. The maximum absolute atomic E-state index is 9.41. The lowest BCUT2D eigenvalue weighted by molar-refractivity contribution is 0.208. The summed E-state index contributed by atoms with van der Waals surface area (Å²) in [6.45, 7) is 4.22. The van der Waals surface area contributed by atoms with E-state index < -0.39 is 6.10 Å². The van der Waals surface area contributed by atoms with Crippen molar-refractivity contribution in [1.29, 1.82) is 0 Å². The third-order valence-corrected chi connectivity index (χ3v) is 3.78. The first-order valence-electron chi connectivity index (χ1n) is 7.52. The summed E-state index contributed by atoms with van der Waals surface area (Å²) in [7, 11) is 1.88. The second-order valence-electron chi connectivity index (χ2n) is 5.65. The smallest absolute Gasteiger partial charge is 0.226 e. The molecule has 0 radical (unpaired) electrons. The van der Waals surface area contributed by atoms with E-state index in [0.717, 1.165) is 29.9 Å². The molecule has 0 saturated carbocycles. The average Bonchev–Trinajstić information content (AvgIpc) is 2.87. The Morgan fingerprint density at radius 2 is 2.05 bits per heavy atom. The maximum Gasteiger partial charge on any atom is 0.226 e. The number of anilines is 2. The molecule has 0 aliphatic carbocycles. The molecule has 1 saturated heterocycles. The van der Waals surface area contributed by atoms with Crippen LogP contribution in [0.15, 0.2) is 6.20 Å². The lowest BCUT2D eigenvalue weighted by Crippen LogP contribution is -2.30. The molecule has 3 rings (SSSR count). The van der Waals surface area contributed by atoms with Crippen LogP contribution in [0.4, 0.5) is 11.8 Å². The Morgan fingerprint density at radius 1 is 1.29 bits per heavy atom. The van der Waals surface area contributed by atoms with Crippen LogP contribution < -0.4 is 10.2 Å². The number of aliphatic hydroxyl groups is 1. The summed E-state index contributed by atoms with van der Waals surface area (Å²) in [5, 5.41) is 17.8. The minimum absolute atomic E-state index is 0.433. The molecular formula is C14H22N6O. The molecule has 7 nitrogen and oxygen atoms in total. The minimum atomic E-state index is -0.436. The molecule has 2 aromatic rings. The number of aromatic nitrogens is 4. The van der Waals surface area contributed by atoms with Crippen LogP contribution in [-0.4, -0.2) is 50.6 Å². The van der Waals surface area contributed by atoms with Gasteiger partial charge in [0.2, 0.25) is 5.95 Å². The largest absolute Gasteiger partial charge is 0.392 e. The van der Waals surface area contributed by atoms with Crippen LogP contribution in [0.2, 0.25) is 0 Å². The molecule has 0 unspecified atom stereocenters. The predicted octanol–water partition coefficient (Wildman–Crippen LogP) is 1.15. The molecule has 7 heteroatoms. The quantitative estimate of drug-likeness (QED) is 0.879. The fraction of sp³-hybridized carbons (Fsp3) is 0.643. The highest BCUT2D eigenvalue weighted by Gasteiger charge is 2.19. The van der Waals surface area contributed by atoms with Crippen LogP contribution in [0.3, 0.4) is 0 Å². The Balaban J connectivity index is 1.99. The average molecular weight is 290 g/mol. The lowest BCUT2D eigenvalue weighted by Gasteiger charge is -2.28. The van der Waals surface area contributed by atoms with Gasteiger partial charge in [-0.3, -0.25) is 4.68 Å². The van der Waals surface area contributed by atoms with Gasteiger partial charge in [-0.25, -0.2) is 0 Å². The van der Waals surface area contributed by atoms with Gasteiger partial charge in [-0.05, 0) is 26.2 Å². The number of nitrogens with one attached hydrogen (secondary N) is 1. The molecular weight excluding hydrogens is 268 g/mol. The zero-order valence-electron chi connectivity index (χ0n) is 12.6. The Morgan fingerprint density at radius 3 is 2.76 bits per heavy atom. The van der Waals surface area contributed by atoms with Gasteiger partial charge in [-0.15, -0.1) is 0 Å². The summed E-state index contributed by atoms with van der Waals surface area (Å²) in [4.78, 5) is 11.5. The molecule has 1 aliphatic rings. The van der Waals surface area contributed by atoms with E-state index in [4.69, 9.17) is 0 Å². The van der Waals surface area contributed by atoms with Gasteiger partial charge in [0.15, 0.2) is 5.65 Å². The van der Waals surface area contributed by atoms with Gasteiger partial charge in [-0.2, -0.15) is 15.1 Å². The highest BCUT2D eigenvalue weighted by Crippen LogP contribution is 2.27. The highest BCUT2D eigenvalue weighted by atomic mass is 16.3. The van der Waals surface area contributed by atoms with Crippen molar-refractivity contribution in [3.63, 3.8) is 0 Å². The zero-order valence-corrected chi connectivity index (χ0v) is 12.6. The summed E-state index contributed by atoms with van der Waals surface area (Å²) in [5.41, 5.74) is 0.818. The van der Waals surface area contributed by atoms with Gasteiger partial charge in [0.1, 0.15) is 5.82 Å². The minimum Gasteiger partial charge on any atom is -0.392 e. The first-order valence-corrected chi connectivity index (χ1v) is 7.52. The number of rotatable bonds is 4. The molecule has 0 aromatic carbocycles. The molecule has 1 fully saturated rings.